The highest BCUT2D eigenvalue weighted by Gasteiger charge is 2.29. The first kappa shape index (κ1) is 15.6. The van der Waals surface area contributed by atoms with Crippen molar-refractivity contribution in [1.82, 2.24) is 14.8 Å². The SMILES string of the molecule is Cc1cc(C)n(-c2ccc(NC(=O)[C@@H]3CC[C@H](CN)O3)cn2)n1. The van der Waals surface area contributed by atoms with Gasteiger partial charge in [-0.1, -0.05) is 0 Å². The number of ether oxygens (including phenoxy) is 1. The summed E-state index contributed by atoms with van der Waals surface area (Å²) in [4.78, 5) is 16.5. The highest BCUT2D eigenvalue weighted by atomic mass is 16.5. The van der Waals surface area contributed by atoms with Crippen LogP contribution in [0, 0.1) is 13.8 Å². The van der Waals surface area contributed by atoms with E-state index >= 15 is 0 Å². The number of amides is 1. The molecule has 0 aromatic carbocycles. The Hall–Kier alpha value is -2.25. The van der Waals surface area contributed by atoms with Crippen LogP contribution < -0.4 is 11.1 Å². The van der Waals surface area contributed by atoms with E-state index in [2.05, 4.69) is 15.4 Å². The van der Waals surface area contributed by atoms with E-state index in [4.69, 9.17) is 10.5 Å². The molecule has 1 aliphatic heterocycles. The summed E-state index contributed by atoms with van der Waals surface area (Å²) in [5, 5.41) is 7.22. The fraction of sp³-hybridized carbons (Fsp3) is 0.438. The van der Waals surface area contributed by atoms with Crippen molar-refractivity contribution >= 4 is 11.6 Å². The van der Waals surface area contributed by atoms with E-state index in [1.807, 2.05) is 32.0 Å². The smallest absolute Gasteiger partial charge is 0.253 e. The number of hydrogen-bond donors (Lipinski definition) is 2. The summed E-state index contributed by atoms with van der Waals surface area (Å²) in [7, 11) is 0. The first-order valence-corrected chi connectivity index (χ1v) is 7.73. The molecule has 2 atom stereocenters. The van der Waals surface area contributed by atoms with E-state index in [1.165, 1.54) is 0 Å². The average molecular weight is 315 g/mol. The van der Waals surface area contributed by atoms with Crippen LogP contribution in [0.3, 0.4) is 0 Å². The third kappa shape index (κ3) is 3.40. The van der Waals surface area contributed by atoms with Crippen molar-refractivity contribution in [3.63, 3.8) is 0 Å². The van der Waals surface area contributed by atoms with Gasteiger partial charge in [0.2, 0.25) is 0 Å². The van der Waals surface area contributed by atoms with Crippen molar-refractivity contribution in [3.05, 3.63) is 35.8 Å². The first-order valence-electron chi connectivity index (χ1n) is 7.73. The first-order chi connectivity index (χ1) is 11.1. The molecule has 2 aromatic heterocycles. The minimum atomic E-state index is -0.431. The number of nitrogens with zero attached hydrogens (tertiary/aromatic N) is 3. The van der Waals surface area contributed by atoms with Crippen LogP contribution in [0.25, 0.3) is 5.82 Å². The molecule has 3 heterocycles. The Labute approximate surface area is 134 Å². The van der Waals surface area contributed by atoms with E-state index < -0.39 is 6.10 Å². The van der Waals surface area contributed by atoms with E-state index in [0.717, 1.165) is 17.8 Å². The van der Waals surface area contributed by atoms with Crippen LogP contribution in [-0.2, 0) is 9.53 Å². The van der Waals surface area contributed by atoms with E-state index in [9.17, 15) is 4.79 Å². The summed E-state index contributed by atoms with van der Waals surface area (Å²) < 4.78 is 7.36. The van der Waals surface area contributed by atoms with Gasteiger partial charge >= 0.3 is 0 Å². The molecule has 2 aromatic rings. The van der Waals surface area contributed by atoms with Crippen LogP contribution in [0.15, 0.2) is 24.4 Å². The van der Waals surface area contributed by atoms with Gasteiger partial charge in [-0.05, 0) is 44.9 Å². The van der Waals surface area contributed by atoms with Crippen molar-refractivity contribution < 1.29 is 9.53 Å². The molecule has 1 aliphatic rings. The quantitative estimate of drug-likeness (QED) is 0.887. The van der Waals surface area contributed by atoms with Crippen molar-refractivity contribution in [2.45, 2.75) is 38.9 Å². The van der Waals surface area contributed by atoms with Gasteiger partial charge in [-0.15, -0.1) is 0 Å². The lowest BCUT2D eigenvalue weighted by Gasteiger charge is -2.12. The van der Waals surface area contributed by atoms with Gasteiger partial charge in [0.05, 0.1) is 23.7 Å². The predicted molar refractivity (Wildman–Crippen MR) is 86.4 cm³/mol. The highest BCUT2D eigenvalue weighted by Crippen LogP contribution is 2.20. The summed E-state index contributed by atoms with van der Waals surface area (Å²) in [5.74, 6) is 0.565. The minimum absolute atomic E-state index is 0.0164. The Bertz CT molecular complexity index is 695. The van der Waals surface area contributed by atoms with Crippen LogP contribution in [0.5, 0.6) is 0 Å². The molecule has 0 bridgehead atoms. The van der Waals surface area contributed by atoms with E-state index in [1.54, 1.807) is 10.9 Å². The van der Waals surface area contributed by atoms with Crippen LogP contribution in [0.2, 0.25) is 0 Å². The van der Waals surface area contributed by atoms with Gasteiger partial charge in [-0.2, -0.15) is 5.10 Å². The normalized spacial score (nSPS) is 20.7. The summed E-state index contributed by atoms with van der Waals surface area (Å²) in [5.41, 5.74) is 8.15. The number of carbonyl (C=O) groups is 1. The third-order valence-electron chi connectivity index (χ3n) is 3.90. The second-order valence-corrected chi connectivity index (χ2v) is 5.79. The number of anilines is 1. The largest absolute Gasteiger partial charge is 0.364 e. The molecule has 3 N–H and O–H groups in total. The average Bonchev–Trinajstić information content (AvgIpc) is 3.14. The lowest BCUT2D eigenvalue weighted by Crippen LogP contribution is -2.29. The zero-order chi connectivity index (χ0) is 16.4. The molecular formula is C16H21N5O2. The van der Waals surface area contributed by atoms with Crippen LogP contribution in [-0.4, -0.2) is 39.4 Å². The number of pyridine rings is 1. The molecule has 7 nitrogen and oxygen atoms in total. The Morgan fingerprint density at radius 2 is 2.26 bits per heavy atom. The molecule has 0 unspecified atom stereocenters. The van der Waals surface area contributed by atoms with Crippen molar-refractivity contribution in [1.29, 1.82) is 0 Å². The van der Waals surface area contributed by atoms with Crippen molar-refractivity contribution in [2.75, 3.05) is 11.9 Å². The molecule has 23 heavy (non-hydrogen) atoms. The predicted octanol–water partition coefficient (Wildman–Crippen LogP) is 1.33. The van der Waals surface area contributed by atoms with Gasteiger partial charge in [0.25, 0.3) is 5.91 Å². The Morgan fingerprint density at radius 3 is 2.83 bits per heavy atom. The third-order valence-corrected chi connectivity index (χ3v) is 3.90. The molecule has 0 radical (unpaired) electrons. The second-order valence-electron chi connectivity index (χ2n) is 5.79. The number of aromatic nitrogens is 3. The molecule has 7 heteroatoms. The number of carbonyl (C=O) groups excluding carboxylic acids is 1. The fourth-order valence-electron chi connectivity index (χ4n) is 2.74. The summed E-state index contributed by atoms with van der Waals surface area (Å²) >= 11 is 0. The van der Waals surface area contributed by atoms with E-state index in [0.29, 0.717) is 24.5 Å². The van der Waals surface area contributed by atoms with E-state index in [-0.39, 0.29) is 12.0 Å². The monoisotopic (exact) mass is 315 g/mol. The van der Waals surface area contributed by atoms with Crippen molar-refractivity contribution in [3.8, 4) is 5.82 Å². The molecule has 3 rings (SSSR count). The van der Waals surface area contributed by atoms with Crippen molar-refractivity contribution in [2.24, 2.45) is 5.73 Å². The number of aryl methyl sites for hydroxylation is 2. The Kier molecular flexibility index (Phi) is 4.40. The van der Waals surface area contributed by atoms with Crippen LogP contribution in [0.4, 0.5) is 5.69 Å². The second kappa shape index (κ2) is 6.47. The Morgan fingerprint density at radius 1 is 1.43 bits per heavy atom. The lowest BCUT2D eigenvalue weighted by molar-refractivity contribution is -0.126. The van der Waals surface area contributed by atoms with Gasteiger partial charge in [-0.3, -0.25) is 4.79 Å². The summed E-state index contributed by atoms with van der Waals surface area (Å²) in [6.45, 7) is 4.36. The summed E-state index contributed by atoms with van der Waals surface area (Å²) in [6, 6.07) is 5.63. The zero-order valence-corrected chi connectivity index (χ0v) is 13.3. The number of rotatable bonds is 4. The standard InChI is InChI=1S/C16H21N5O2/c1-10-7-11(2)21(20-10)15-6-3-12(9-18-15)19-16(22)14-5-4-13(8-17)23-14/h3,6-7,9,13-14H,4-5,8,17H2,1-2H3,(H,19,22)/t13-,14+/m1/s1. The Balaban J connectivity index is 1.66. The molecule has 0 saturated carbocycles. The lowest BCUT2D eigenvalue weighted by atomic mass is 10.2. The number of nitrogens with one attached hydrogen (secondary N) is 1. The van der Waals surface area contributed by atoms with Gasteiger partial charge in [-0.25, -0.2) is 9.67 Å². The van der Waals surface area contributed by atoms with Gasteiger partial charge in [0.1, 0.15) is 6.10 Å². The maximum atomic E-state index is 12.2. The van der Waals surface area contributed by atoms with Crippen LogP contribution in [0.1, 0.15) is 24.2 Å². The van der Waals surface area contributed by atoms with Gasteiger partial charge < -0.3 is 15.8 Å². The molecule has 0 aliphatic carbocycles. The number of nitrogens with two attached hydrogens (primary N) is 1. The molecule has 1 amide bonds. The van der Waals surface area contributed by atoms with Gasteiger partial charge in [0.15, 0.2) is 5.82 Å². The van der Waals surface area contributed by atoms with Gasteiger partial charge in [0, 0.05) is 12.2 Å². The topological polar surface area (TPSA) is 95.1 Å². The number of hydrogen-bond acceptors (Lipinski definition) is 5. The molecule has 122 valence electrons. The minimum Gasteiger partial charge on any atom is -0.364 e. The molecule has 0 spiro atoms. The zero-order valence-electron chi connectivity index (χ0n) is 13.3. The van der Waals surface area contributed by atoms with Crippen LogP contribution >= 0.6 is 0 Å². The molecule has 1 fully saturated rings. The molecule has 1 saturated heterocycles. The summed E-state index contributed by atoms with van der Waals surface area (Å²) in [6.07, 6.45) is 2.70. The maximum absolute atomic E-state index is 12.2. The molecular weight excluding hydrogens is 294 g/mol. The fourth-order valence-corrected chi connectivity index (χ4v) is 2.74. The maximum Gasteiger partial charge on any atom is 0.253 e. The highest BCUT2D eigenvalue weighted by molar-refractivity contribution is 5.94.